The van der Waals surface area contributed by atoms with Crippen LogP contribution in [-0.4, -0.2) is 54.6 Å². The highest BCUT2D eigenvalue weighted by Crippen LogP contribution is 2.23. The fourth-order valence-electron chi connectivity index (χ4n) is 3.21. The van der Waals surface area contributed by atoms with Gasteiger partial charge < -0.3 is 19.3 Å². The normalized spacial score (nSPS) is 22.0. The Labute approximate surface area is 155 Å². The van der Waals surface area contributed by atoms with Gasteiger partial charge in [0.2, 0.25) is 0 Å². The number of ether oxygens (including phenoxy) is 3. The number of aliphatic hydroxyl groups excluding tert-OH is 1. The maximum absolute atomic E-state index is 10.3. The van der Waals surface area contributed by atoms with Crippen molar-refractivity contribution < 1.29 is 19.3 Å². The molecule has 1 aliphatic heterocycles. The number of morpholine rings is 1. The minimum Gasteiger partial charge on any atom is -0.491 e. The molecule has 5 heteroatoms. The minimum atomic E-state index is -0.534. The van der Waals surface area contributed by atoms with E-state index >= 15 is 0 Å². The first-order valence-electron chi connectivity index (χ1n) is 9.10. The highest BCUT2D eigenvalue weighted by Gasteiger charge is 2.23. The van der Waals surface area contributed by atoms with E-state index in [4.69, 9.17) is 14.2 Å². The van der Waals surface area contributed by atoms with E-state index in [-0.39, 0.29) is 18.8 Å². The van der Waals surface area contributed by atoms with Gasteiger partial charge >= 0.3 is 0 Å². The number of rotatable bonds is 7. The summed E-state index contributed by atoms with van der Waals surface area (Å²) in [5, 5.41) is 10.3. The highest BCUT2D eigenvalue weighted by molar-refractivity contribution is 5.35. The summed E-state index contributed by atoms with van der Waals surface area (Å²) in [7, 11) is 0. The van der Waals surface area contributed by atoms with Gasteiger partial charge in [0.1, 0.15) is 30.0 Å². The van der Waals surface area contributed by atoms with Crippen LogP contribution in [0, 0.1) is 0 Å². The number of hydrogen-bond donors (Lipinski definition) is 1. The van der Waals surface area contributed by atoms with Crippen molar-refractivity contribution in [2.24, 2.45) is 0 Å². The Kier molecular flexibility index (Phi) is 6.50. The van der Waals surface area contributed by atoms with Crippen LogP contribution in [0.1, 0.15) is 13.8 Å². The minimum absolute atomic E-state index is 0.198. The molecule has 2 aromatic rings. The van der Waals surface area contributed by atoms with Gasteiger partial charge in [-0.3, -0.25) is 4.90 Å². The van der Waals surface area contributed by atoms with Crippen molar-refractivity contribution in [1.82, 2.24) is 4.90 Å². The van der Waals surface area contributed by atoms with Gasteiger partial charge in [-0.1, -0.05) is 18.2 Å². The molecule has 5 nitrogen and oxygen atoms in total. The second-order valence-corrected chi connectivity index (χ2v) is 6.83. The molecule has 1 heterocycles. The van der Waals surface area contributed by atoms with E-state index in [1.807, 2.05) is 54.6 Å². The zero-order valence-electron chi connectivity index (χ0n) is 15.4. The Hall–Kier alpha value is -2.08. The number of para-hydroxylation sites is 1. The van der Waals surface area contributed by atoms with Gasteiger partial charge in [-0.05, 0) is 50.2 Å². The number of β-amino-alcohol motifs (C(OH)–C–C–N with tert-alkyl or cyclic N) is 1. The number of benzene rings is 2. The van der Waals surface area contributed by atoms with Crippen molar-refractivity contribution in [2.45, 2.75) is 32.2 Å². The Morgan fingerprint density at radius 2 is 1.54 bits per heavy atom. The Balaban J connectivity index is 1.44. The van der Waals surface area contributed by atoms with Crippen molar-refractivity contribution in [3.63, 3.8) is 0 Å². The molecule has 3 atom stereocenters. The summed E-state index contributed by atoms with van der Waals surface area (Å²) < 4.78 is 17.2. The molecule has 1 saturated heterocycles. The SMILES string of the molecule is C[C@@H]1CN(C[C@H](O)COc2ccc(Oc3ccccc3)cc2)C[C@H](C)O1. The lowest BCUT2D eigenvalue weighted by Crippen LogP contribution is -2.48. The lowest BCUT2D eigenvalue weighted by Gasteiger charge is -2.36. The number of aliphatic hydroxyl groups is 1. The predicted octanol–water partition coefficient (Wildman–Crippen LogP) is 3.33. The van der Waals surface area contributed by atoms with Crippen LogP contribution in [0.15, 0.2) is 54.6 Å². The van der Waals surface area contributed by atoms with Crippen LogP contribution in [0.5, 0.6) is 17.2 Å². The molecule has 0 bridgehead atoms. The van der Waals surface area contributed by atoms with Gasteiger partial charge in [-0.2, -0.15) is 0 Å². The highest BCUT2D eigenvalue weighted by atomic mass is 16.5. The molecule has 0 amide bonds. The summed E-state index contributed by atoms with van der Waals surface area (Å²) >= 11 is 0. The second-order valence-electron chi connectivity index (χ2n) is 6.83. The van der Waals surface area contributed by atoms with Crippen LogP contribution in [0.4, 0.5) is 0 Å². The van der Waals surface area contributed by atoms with E-state index in [9.17, 15) is 5.11 Å². The number of nitrogens with zero attached hydrogens (tertiary/aromatic N) is 1. The van der Waals surface area contributed by atoms with E-state index in [2.05, 4.69) is 18.7 Å². The second kappa shape index (κ2) is 9.03. The fourth-order valence-corrected chi connectivity index (χ4v) is 3.21. The molecule has 2 aromatic carbocycles. The monoisotopic (exact) mass is 357 g/mol. The van der Waals surface area contributed by atoms with Gasteiger partial charge in [0.25, 0.3) is 0 Å². The Morgan fingerprint density at radius 3 is 2.19 bits per heavy atom. The maximum atomic E-state index is 10.3. The van der Waals surface area contributed by atoms with Crippen LogP contribution < -0.4 is 9.47 Å². The average Bonchev–Trinajstić information content (AvgIpc) is 2.61. The van der Waals surface area contributed by atoms with E-state index in [0.29, 0.717) is 12.3 Å². The molecule has 0 aliphatic carbocycles. The van der Waals surface area contributed by atoms with Gasteiger partial charge in [-0.25, -0.2) is 0 Å². The van der Waals surface area contributed by atoms with E-state index in [1.165, 1.54) is 0 Å². The molecule has 1 fully saturated rings. The molecule has 1 N–H and O–H groups in total. The zero-order chi connectivity index (χ0) is 18.4. The third-order valence-electron chi connectivity index (χ3n) is 4.21. The van der Waals surface area contributed by atoms with Crippen LogP contribution in [0.2, 0.25) is 0 Å². The molecule has 0 spiro atoms. The Morgan fingerprint density at radius 1 is 0.962 bits per heavy atom. The van der Waals surface area contributed by atoms with Crippen LogP contribution >= 0.6 is 0 Å². The van der Waals surface area contributed by atoms with Crippen LogP contribution in [0.25, 0.3) is 0 Å². The fraction of sp³-hybridized carbons (Fsp3) is 0.429. The van der Waals surface area contributed by atoms with Crippen molar-refractivity contribution in [3.05, 3.63) is 54.6 Å². The maximum Gasteiger partial charge on any atom is 0.127 e. The summed E-state index contributed by atoms with van der Waals surface area (Å²) in [6.45, 7) is 6.65. The number of hydrogen-bond acceptors (Lipinski definition) is 5. The molecule has 0 saturated carbocycles. The summed E-state index contributed by atoms with van der Waals surface area (Å²) in [6, 6.07) is 17.1. The lowest BCUT2D eigenvalue weighted by atomic mass is 10.2. The third kappa shape index (κ3) is 5.73. The molecular weight excluding hydrogens is 330 g/mol. The first kappa shape index (κ1) is 18.7. The molecule has 1 aliphatic rings. The predicted molar refractivity (Wildman–Crippen MR) is 101 cm³/mol. The largest absolute Gasteiger partial charge is 0.491 e. The van der Waals surface area contributed by atoms with Gasteiger partial charge in [-0.15, -0.1) is 0 Å². The average molecular weight is 357 g/mol. The molecule has 140 valence electrons. The van der Waals surface area contributed by atoms with Crippen LogP contribution in [0.3, 0.4) is 0 Å². The first-order valence-corrected chi connectivity index (χ1v) is 9.10. The summed E-state index contributed by atoms with van der Waals surface area (Å²) in [5.41, 5.74) is 0. The Bertz CT molecular complexity index is 651. The zero-order valence-corrected chi connectivity index (χ0v) is 15.4. The van der Waals surface area contributed by atoms with E-state index < -0.39 is 6.10 Å². The van der Waals surface area contributed by atoms with E-state index in [1.54, 1.807) is 0 Å². The topological polar surface area (TPSA) is 51.2 Å². The van der Waals surface area contributed by atoms with Gasteiger partial charge in [0.15, 0.2) is 0 Å². The summed E-state index contributed by atoms with van der Waals surface area (Å²) in [4.78, 5) is 2.23. The molecule has 0 aromatic heterocycles. The summed E-state index contributed by atoms with van der Waals surface area (Å²) in [6.07, 6.45) is -0.138. The molecule has 0 radical (unpaired) electrons. The third-order valence-corrected chi connectivity index (χ3v) is 4.21. The van der Waals surface area contributed by atoms with Crippen molar-refractivity contribution in [2.75, 3.05) is 26.2 Å². The smallest absolute Gasteiger partial charge is 0.127 e. The molecule has 0 unspecified atom stereocenters. The standard InChI is InChI=1S/C21H27NO4/c1-16-12-22(13-17(2)25-16)14-18(23)15-24-19-8-10-21(11-9-19)26-20-6-4-3-5-7-20/h3-11,16-18,23H,12-15H2,1-2H3/t16-,17+,18-/m0/s1. The van der Waals surface area contributed by atoms with Crippen LogP contribution in [-0.2, 0) is 4.74 Å². The van der Waals surface area contributed by atoms with E-state index in [0.717, 1.165) is 24.6 Å². The molecular formula is C21H27NO4. The first-order chi connectivity index (χ1) is 12.6. The van der Waals surface area contributed by atoms with Crippen molar-refractivity contribution in [3.8, 4) is 17.2 Å². The molecule has 3 rings (SSSR count). The quantitative estimate of drug-likeness (QED) is 0.824. The van der Waals surface area contributed by atoms with Crippen molar-refractivity contribution in [1.29, 1.82) is 0 Å². The van der Waals surface area contributed by atoms with Crippen molar-refractivity contribution >= 4 is 0 Å². The lowest BCUT2D eigenvalue weighted by molar-refractivity contribution is -0.0786. The molecule has 26 heavy (non-hydrogen) atoms. The summed E-state index contributed by atoms with van der Waals surface area (Å²) in [5.74, 6) is 2.26. The van der Waals surface area contributed by atoms with Gasteiger partial charge in [0, 0.05) is 19.6 Å². The van der Waals surface area contributed by atoms with Gasteiger partial charge in [0.05, 0.1) is 12.2 Å².